The quantitative estimate of drug-likeness (QED) is 0.726. The van der Waals surface area contributed by atoms with Crippen molar-refractivity contribution >= 4 is 33.4 Å². The fraction of sp³-hybridized carbons (Fsp3) is 0.529. The number of halogens is 1. The van der Waals surface area contributed by atoms with Crippen LogP contribution in [0.5, 0.6) is 5.75 Å². The molecular formula is C17H22BrN3O3. The van der Waals surface area contributed by atoms with Crippen molar-refractivity contribution in [1.29, 1.82) is 0 Å². The van der Waals surface area contributed by atoms with Gasteiger partial charge in [-0.25, -0.2) is 0 Å². The van der Waals surface area contributed by atoms with Crippen LogP contribution in [0.15, 0.2) is 22.7 Å². The third-order valence-corrected chi connectivity index (χ3v) is 5.15. The minimum absolute atomic E-state index is 0.0670. The standard InChI is InChI=1S/C17H22BrN3O3/c1-24-15-9-13(4-5-14(15)18)19-20-16(22)8-11-6-7-21(10-11)17(23)12-2-3-12/h4-5,9,11-12,19H,2-3,6-8,10H2,1H3,(H,20,22)/t11-/m0/s1. The maximum Gasteiger partial charge on any atom is 0.238 e. The van der Waals surface area contributed by atoms with Crippen LogP contribution in [0.25, 0.3) is 0 Å². The van der Waals surface area contributed by atoms with E-state index >= 15 is 0 Å². The van der Waals surface area contributed by atoms with Crippen molar-refractivity contribution in [2.45, 2.75) is 25.7 Å². The fourth-order valence-corrected chi connectivity index (χ4v) is 3.39. The van der Waals surface area contributed by atoms with E-state index in [4.69, 9.17) is 4.74 Å². The Balaban J connectivity index is 1.43. The zero-order valence-electron chi connectivity index (χ0n) is 13.7. The molecule has 2 amide bonds. The second-order valence-electron chi connectivity index (χ2n) is 6.44. The summed E-state index contributed by atoms with van der Waals surface area (Å²) in [6.45, 7) is 1.49. The van der Waals surface area contributed by atoms with E-state index in [1.54, 1.807) is 13.2 Å². The first-order valence-corrected chi connectivity index (χ1v) is 9.03. The summed E-state index contributed by atoms with van der Waals surface area (Å²) in [6, 6.07) is 5.50. The van der Waals surface area contributed by atoms with E-state index in [9.17, 15) is 9.59 Å². The lowest BCUT2D eigenvalue weighted by Crippen LogP contribution is -2.33. The molecule has 1 saturated carbocycles. The molecule has 0 bridgehead atoms. The Morgan fingerprint density at radius 3 is 2.83 bits per heavy atom. The van der Waals surface area contributed by atoms with E-state index in [0.29, 0.717) is 18.7 Å². The van der Waals surface area contributed by atoms with Crippen LogP contribution >= 0.6 is 15.9 Å². The first-order chi connectivity index (χ1) is 11.6. The van der Waals surface area contributed by atoms with Crippen molar-refractivity contribution in [3.8, 4) is 5.75 Å². The third-order valence-electron chi connectivity index (χ3n) is 4.50. The van der Waals surface area contributed by atoms with E-state index in [-0.39, 0.29) is 23.7 Å². The third kappa shape index (κ3) is 4.20. The summed E-state index contributed by atoms with van der Waals surface area (Å²) in [7, 11) is 1.59. The van der Waals surface area contributed by atoms with Gasteiger partial charge in [0.2, 0.25) is 11.8 Å². The van der Waals surface area contributed by atoms with Crippen LogP contribution in [-0.4, -0.2) is 36.9 Å². The average Bonchev–Trinajstić information content (AvgIpc) is 3.33. The largest absolute Gasteiger partial charge is 0.495 e. The molecule has 3 rings (SSSR count). The van der Waals surface area contributed by atoms with Crippen LogP contribution in [0.1, 0.15) is 25.7 Å². The number of carbonyl (C=O) groups excluding carboxylic acids is 2. The number of nitrogens with one attached hydrogen (secondary N) is 2. The number of likely N-dealkylation sites (tertiary alicyclic amines) is 1. The van der Waals surface area contributed by atoms with Crippen LogP contribution in [0.4, 0.5) is 5.69 Å². The summed E-state index contributed by atoms with van der Waals surface area (Å²) in [5.74, 6) is 1.40. The normalized spacial score (nSPS) is 19.9. The second kappa shape index (κ2) is 7.42. The van der Waals surface area contributed by atoms with E-state index in [0.717, 1.165) is 36.0 Å². The molecule has 1 aromatic carbocycles. The van der Waals surface area contributed by atoms with Crippen LogP contribution in [0.3, 0.4) is 0 Å². The van der Waals surface area contributed by atoms with Gasteiger partial charge in [-0.15, -0.1) is 0 Å². The van der Waals surface area contributed by atoms with Crippen LogP contribution in [0.2, 0.25) is 0 Å². The molecule has 1 aliphatic carbocycles. The van der Waals surface area contributed by atoms with Gasteiger partial charge in [-0.05, 0) is 53.2 Å². The molecule has 2 fully saturated rings. The number of hydrazine groups is 1. The average molecular weight is 396 g/mol. The molecule has 2 N–H and O–H groups in total. The lowest BCUT2D eigenvalue weighted by molar-refractivity contribution is -0.132. The summed E-state index contributed by atoms with van der Waals surface area (Å²) >= 11 is 3.39. The lowest BCUT2D eigenvalue weighted by atomic mass is 10.1. The Morgan fingerprint density at radius 2 is 2.12 bits per heavy atom. The number of carbonyl (C=O) groups is 2. The van der Waals surface area contributed by atoms with Gasteiger partial charge in [0.05, 0.1) is 17.3 Å². The smallest absolute Gasteiger partial charge is 0.238 e. The molecule has 1 heterocycles. The summed E-state index contributed by atoms with van der Waals surface area (Å²) in [4.78, 5) is 26.1. The Hall–Kier alpha value is -1.76. The Morgan fingerprint density at radius 1 is 1.33 bits per heavy atom. The van der Waals surface area contributed by atoms with Gasteiger partial charge in [0, 0.05) is 31.5 Å². The van der Waals surface area contributed by atoms with E-state index < -0.39 is 0 Å². The number of methoxy groups -OCH3 is 1. The van der Waals surface area contributed by atoms with Gasteiger partial charge in [0.15, 0.2) is 0 Å². The van der Waals surface area contributed by atoms with Crippen molar-refractivity contribution in [2.24, 2.45) is 11.8 Å². The Labute approximate surface area is 150 Å². The molecule has 6 nitrogen and oxygen atoms in total. The molecule has 0 unspecified atom stereocenters. The molecule has 0 aromatic heterocycles. The zero-order valence-corrected chi connectivity index (χ0v) is 15.3. The van der Waals surface area contributed by atoms with Crippen molar-refractivity contribution in [3.05, 3.63) is 22.7 Å². The minimum atomic E-state index is -0.0670. The molecule has 2 aliphatic rings. The number of nitrogens with zero attached hydrogens (tertiary/aromatic N) is 1. The SMILES string of the molecule is COc1cc(NNC(=O)C[C@@H]2CCN(C(=O)C3CC3)C2)ccc1Br. The molecule has 0 radical (unpaired) electrons. The lowest BCUT2D eigenvalue weighted by Gasteiger charge is -2.16. The summed E-state index contributed by atoms with van der Waals surface area (Å²) < 4.78 is 6.08. The highest BCUT2D eigenvalue weighted by Gasteiger charge is 2.36. The van der Waals surface area contributed by atoms with Gasteiger partial charge in [-0.1, -0.05) is 0 Å². The molecule has 1 aliphatic heterocycles. The van der Waals surface area contributed by atoms with E-state index in [1.165, 1.54) is 0 Å². The van der Waals surface area contributed by atoms with Gasteiger partial charge < -0.3 is 9.64 Å². The zero-order chi connectivity index (χ0) is 17.1. The topological polar surface area (TPSA) is 70.7 Å². The Kier molecular flexibility index (Phi) is 5.28. The van der Waals surface area contributed by atoms with Crippen molar-refractivity contribution in [3.63, 3.8) is 0 Å². The van der Waals surface area contributed by atoms with Crippen molar-refractivity contribution in [2.75, 3.05) is 25.6 Å². The van der Waals surface area contributed by atoms with E-state index in [1.807, 2.05) is 17.0 Å². The number of hydrogen-bond donors (Lipinski definition) is 2. The number of amides is 2. The molecular weight excluding hydrogens is 374 g/mol. The van der Waals surface area contributed by atoms with Crippen LogP contribution < -0.4 is 15.6 Å². The maximum atomic E-state index is 12.1. The number of anilines is 1. The number of ether oxygens (including phenoxy) is 1. The highest BCUT2D eigenvalue weighted by Crippen LogP contribution is 2.33. The summed E-state index contributed by atoms with van der Waals surface area (Å²) in [5, 5.41) is 0. The van der Waals surface area contributed by atoms with Gasteiger partial charge in [-0.3, -0.25) is 20.4 Å². The molecule has 1 atom stereocenters. The number of hydrogen-bond acceptors (Lipinski definition) is 4. The number of rotatable bonds is 6. The predicted molar refractivity (Wildman–Crippen MR) is 94.5 cm³/mol. The molecule has 24 heavy (non-hydrogen) atoms. The minimum Gasteiger partial charge on any atom is -0.495 e. The first-order valence-electron chi connectivity index (χ1n) is 8.24. The molecule has 7 heteroatoms. The van der Waals surface area contributed by atoms with Crippen molar-refractivity contribution in [1.82, 2.24) is 10.3 Å². The summed E-state index contributed by atoms with van der Waals surface area (Å²) in [6.07, 6.45) is 3.38. The molecule has 1 aromatic rings. The molecule has 0 spiro atoms. The van der Waals surface area contributed by atoms with E-state index in [2.05, 4.69) is 26.8 Å². The maximum absolute atomic E-state index is 12.1. The van der Waals surface area contributed by atoms with Gasteiger partial charge in [0.1, 0.15) is 5.75 Å². The van der Waals surface area contributed by atoms with Crippen molar-refractivity contribution < 1.29 is 14.3 Å². The van der Waals surface area contributed by atoms with Crippen LogP contribution in [-0.2, 0) is 9.59 Å². The highest BCUT2D eigenvalue weighted by atomic mass is 79.9. The van der Waals surface area contributed by atoms with Crippen LogP contribution in [0, 0.1) is 11.8 Å². The molecule has 1 saturated heterocycles. The first kappa shape index (κ1) is 17.1. The van der Waals surface area contributed by atoms with Gasteiger partial charge in [0.25, 0.3) is 0 Å². The predicted octanol–water partition coefficient (Wildman–Crippen LogP) is 2.55. The Bertz CT molecular complexity index is 634. The van der Waals surface area contributed by atoms with Gasteiger partial charge >= 0.3 is 0 Å². The number of benzene rings is 1. The van der Waals surface area contributed by atoms with Gasteiger partial charge in [-0.2, -0.15) is 0 Å². The summed E-state index contributed by atoms with van der Waals surface area (Å²) in [5.41, 5.74) is 6.36. The second-order valence-corrected chi connectivity index (χ2v) is 7.29. The fourth-order valence-electron chi connectivity index (χ4n) is 2.98. The monoisotopic (exact) mass is 395 g/mol. The highest BCUT2D eigenvalue weighted by molar-refractivity contribution is 9.10. The molecule has 130 valence electrons.